The minimum Gasteiger partial charge on any atom is -0.390 e. The monoisotopic (exact) mass is 487 g/mol. The Morgan fingerprint density at radius 3 is 2.79 bits per heavy atom. The van der Waals surface area contributed by atoms with Crippen molar-refractivity contribution in [3.05, 3.63) is 52.8 Å². The second-order valence-electron chi connectivity index (χ2n) is 9.98. The molecule has 0 saturated carbocycles. The van der Waals surface area contributed by atoms with Gasteiger partial charge >= 0.3 is 0 Å². The van der Waals surface area contributed by atoms with Gasteiger partial charge in [0.25, 0.3) is 0 Å². The highest BCUT2D eigenvalue weighted by Crippen LogP contribution is 2.28. The minimum absolute atomic E-state index is 0.323. The van der Waals surface area contributed by atoms with Crippen LogP contribution in [0.1, 0.15) is 11.1 Å². The van der Waals surface area contributed by atoms with Crippen LogP contribution in [0, 0.1) is 0 Å². The van der Waals surface area contributed by atoms with Crippen molar-refractivity contribution in [3.63, 3.8) is 0 Å². The maximum Gasteiger partial charge on any atom is 0.156 e. The van der Waals surface area contributed by atoms with Gasteiger partial charge in [-0.15, -0.1) is 0 Å². The standard InChI is InChI=1S/C24H34ClN5O2Si/c1-33(2,3)13-12-32-17-30-22-21(8-10-26-23(22)25)24(28-30)27-14-20(31)16-29-11-9-18-6-4-5-7-19(18)15-29/h4-8,10,20,31H,9,11-17H2,1-3H3,(H,27,28)/t20-/m0/s1. The van der Waals surface area contributed by atoms with Crippen molar-refractivity contribution in [2.45, 2.75) is 51.5 Å². The van der Waals surface area contributed by atoms with Crippen molar-refractivity contribution in [1.29, 1.82) is 0 Å². The van der Waals surface area contributed by atoms with Gasteiger partial charge in [-0.25, -0.2) is 9.67 Å². The van der Waals surface area contributed by atoms with Gasteiger partial charge < -0.3 is 15.2 Å². The molecule has 33 heavy (non-hydrogen) atoms. The summed E-state index contributed by atoms with van der Waals surface area (Å²) in [5.41, 5.74) is 3.51. The van der Waals surface area contributed by atoms with Crippen molar-refractivity contribution < 1.29 is 9.84 Å². The Bertz CT molecular complexity index is 1080. The SMILES string of the molecule is C[Si](C)(C)CCOCn1nc(NC[C@H](O)CN2CCc3ccccc3C2)c2ccnc(Cl)c21. The van der Waals surface area contributed by atoms with Crippen LogP contribution in [0.5, 0.6) is 0 Å². The topological polar surface area (TPSA) is 75.4 Å². The summed E-state index contributed by atoms with van der Waals surface area (Å²) < 4.78 is 7.65. The summed E-state index contributed by atoms with van der Waals surface area (Å²) >= 11 is 6.39. The van der Waals surface area contributed by atoms with Gasteiger partial charge in [0.1, 0.15) is 12.2 Å². The molecule has 4 rings (SSSR count). The molecule has 2 N–H and O–H groups in total. The van der Waals surface area contributed by atoms with Gasteiger partial charge in [-0.05, 0) is 29.7 Å². The van der Waals surface area contributed by atoms with Gasteiger partial charge in [0.2, 0.25) is 0 Å². The second-order valence-corrected chi connectivity index (χ2v) is 16.0. The highest BCUT2D eigenvalue weighted by Gasteiger charge is 2.20. The first-order chi connectivity index (χ1) is 15.8. The summed E-state index contributed by atoms with van der Waals surface area (Å²) in [7, 11) is -1.16. The fraction of sp³-hybridized carbons (Fsp3) is 0.500. The lowest BCUT2D eigenvalue weighted by molar-refractivity contribution is 0.0818. The zero-order chi connectivity index (χ0) is 23.4. The third-order valence-corrected chi connectivity index (χ3v) is 7.99. The highest BCUT2D eigenvalue weighted by molar-refractivity contribution is 6.76. The lowest BCUT2D eigenvalue weighted by Gasteiger charge is -2.30. The first kappa shape index (κ1) is 24.2. The van der Waals surface area contributed by atoms with Crippen LogP contribution in [0.2, 0.25) is 30.8 Å². The smallest absolute Gasteiger partial charge is 0.156 e. The van der Waals surface area contributed by atoms with Crippen LogP contribution in [0.4, 0.5) is 5.82 Å². The average molecular weight is 488 g/mol. The molecule has 1 aliphatic rings. The van der Waals surface area contributed by atoms with Crippen LogP contribution in [0.25, 0.3) is 10.9 Å². The van der Waals surface area contributed by atoms with Crippen LogP contribution >= 0.6 is 11.6 Å². The maximum atomic E-state index is 10.7. The van der Waals surface area contributed by atoms with Crippen molar-refractivity contribution in [2.75, 3.05) is 31.6 Å². The number of halogens is 1. The summed E-state index contributed by atoms with van der Waals surface area (Å²) in [6.07, 6.45) is 2.19. The number of aromatic nitrogens is 3. The van der Waals surface area contributed by atoms with E-state index in [1.807, 2.05) is 6.07 Å². The van der Waals surface area contributed by atoms with Crippen LogP contribution in [-0.4, -0.2) is 65.2 Å². The number of hydrogen-bond acceptors (Lipinski definition) is 6. The Labute approximate surface area is 201 Å². The molecule has 0 aliphatic carbocycles. The largest absolute Gasteiger partial charge is 0.390 e. The number of pyridine rings is 1. The van der Waals surface area contributed by atoms with Gasteiger partial charge in [0, 0.05) is 52.4 Å². The van der Waals surface area contributed by atoms with E-state index in [1.54, 1.807) is 10.9 Å². The first-order valence-electron chi connectivity index (χ1n) is 11.6. The summed E-state index contributed by atoms with van der Waals surface area (Å²) in [5.74, 6) is 0.686. The third kappa shape index (κ3) is 6.33. The van der Waals surface area contributed by atoms with Crippen LogP contribution < -0.4 is 5.32 Å². The Hall–Kier alpha value is -1.97. The molecular weight excluding hydrogens is 454 g/mol. The number of nitrogens with zero attached hydrogens (tertiary/aromatic N) is 4. The van der Waals surface area contributed by atoms with Gasteiger partial charge in [-0.2, -0.15) is 5.10 Å². The van der Waals surface area contributed by atoms with Crippen LogP contribution in [0.3, 0.4) is 0 Å². The first-order valence-corrected chi connectivity index (χ1v) is 15.7. The van der Waals surface area contributed by atoms with E-state index < -0.39 is 14.2 Å². The number of aliphatic hydroxyl groups excluding tert-OH is 1. The predicted octanol–water partition coefficient (Wildman–Crippen LogP) is 4.23. The number of nitrogens with one attached hydrogen (secondary N) is 1. The Morgan fingerprint density at radius 1 is 1.21 bits per heavy atom. The van der Waals surface area contributed by atoms with Gasteiger partial charge in [0.05, 0.1) is 6.10 Å². The third-order valence-electron chi connectivity index (χ3n) is 6.01. The molecule has 9 heteroatoms. The van der Waals surface area contributed by atoms with E-state index in [1.165, 1.54) is 11.1 Å². The fourth-order valence-corrected chi connectivity index (χ4v) is 5.14. The molecule has 1 atom stereocenters. The van der Waals surface area contributed by atoms with Gasteiger partial charge in [-0.3, -0.25) is 4.90 Å². The molecule has 3 heterocycles. The second kappa shape index (κ2) is 10.5. The molecule has 2 aromatic heterocycles. The molecule has 3 aromatic rings. The van der Waals surface area contributed by atoms with Gasteiger partial charge in [-0.1, -0.05) is 55.5 Å². The van der Waals surface area contributed by atoms with E-state index in [0.29, 0.717) is 37.4 Å². The molecule has 7 nitrogen and oxygen atoms in total. The number of aliphatic hydroxyl groups is 1. The molecule has 0 unspecified atom stereocenters. The number of benzene rings is 1. The zero-order valence-electron chi connectivity index (χ0n) is 19.7. The van der Waals surface area contributed by atoms with E-state index >= 15 is 0 Å². The number of hydrogen-bond donors (Lipinski definition) is 2. The van der Waals surface area contributed by atoms with Crippen LogP contribution in [-0.2, 0) is 24.4 Å². The number of β-amino-alcohol motifs (C(OH)–C–C–N with tert-alkyl or cyclic N) is 1. The Kier molecular flexibility index (Phi) is 7.71. The molecule has 0 bridgehead atoms. The molecule has 1 aliphatic heterocycles. The molecule has 0 fully saturated rings. The fourth-order valence-electron chi connectivity index (χ4n) is 4.13. The van der Waals surface area contributed by atoms with Gasteiger partial charge in [0.15, 0.2) is 11.0 Å². The number of anilines is 1. The molecule has 1 aromatic carbocycles. The number of ether oxygens (including phenoxy) is 1. The highest BCUT2D eigenvalue weighted by atomic mass is 35.5. The summed E-state index contributed by atoms with van der Waals surface area (Å²) in [6.45, 7) is 10.9. The van der Waals surface area contributed by atoms with E-state index in [0.717, 1.165) is 36.5 Å². The normalized spacial score (nSPS) is 15.5. The number of fused-ring (bicyclic) bond motifs is 2. The predicted molar refractivity (Wildman–Crippen MR) is 137 cm³/mol. The van der Waals surface area contributed by atoms with E-state index in [-0.39, 0.29) is 0 Å². The van der Waals surface area contributed by atoms with E-state index in [4.69, 9.17) is 16.3 Å². The van der Waals surface area contributed by atoms with Crippen molar-refractivity contribution in [2.24, 2.45) is 0 Å². The quantitative estimate of drug-likeness (QED) is 0.253. The minimum atomic E-state index is -1.16. The summed E-state index contributed by atoms with van der Waals surface area (Å²) in [6, 6.07) is 11.5. The molecular formula is C24H34ClN5O2Si. The Morgan fingerprint density at radius 2 is 2.00 bits per heavy atom. The number of rotatable bonds is 10. The lowest BCUT2D eigenvalue weighted by atomic mass is 10.00. The molecule has 178 valence electrons. The van der Waals surface area contributed by atoms with Crippen molar-refractivity contribution >= 4 is 36.4 Å². The molecule has 0 spiro atoms. The molecule has 0 saturated heterocycles. The van der Waals surface area contributed by atoms with E-state index in [2.05, 4.69) is 64.2 Å². The zero-order valence-corrected chi connectivity index (χ0v) is 21.5. The van der Waals surface area contributed by atoms with Crippen LogP contribution in [0.15, 0.2) is 36.5 Å². The molecule has 0 amide bonds. The summed E-state index contributed by atoms with van der Waals surface area (Å²) in [5, 5.41) is 20.0. The molecule has 0 radical (unpaired) electrons. The van der Waals surface area contributed by atoms with Crippen molar-refractivity contribution in [1.82, 2.24) is 19.7 Å². The van der Waals surface area contributed by atoms with Crippen molar-refractivity contribution in [3.8, 4) is 0 Å². The maximum absolute atomic E-state index is 10.7. The summed E-state index contributed by atoms with van der Waals surface area (Å²) in [4.78, 5) is 6.52. The lowest BCUT2D eigenvalue weighted by Crippen LogP contribution is -2.39. The van der Waals surface area contributed by atoms with E-state index in [9.17, 15) is 5.11 Å². The Balaban J connectivity index is 1.36. The average Bonchev–Trinajstić information content (AvgIpc) is 3.13.